The fraction of sp³-hybridized carbons (Fsp3) is 0.429. The van der Waals surface area contributed by atoms with Crippen molar-refractivity contribution in [1.29, 1.82) is 0 Å². The van der Waals surface area contributed by atoms with Crippen LogP contribution in [0.3, 0.4) is 0 Å². The van der Waals surface area contributed by atoms with Crippen LogP contribution in [0, 0.1) is 5.92 Å². The molecule has 1 aliphatic carbocycles. The van der Waals surface area contributed by atoms with Crippen LogP contribution in [0.5, 0.6) is 0 Å². The fourth-order valence-corrected chi connectivity index (χ4v) is 3.51. The van der Waals surface area contributed by atoms with Gasteiger partial charge in [-0.15, -0.1) is 0 Å². The number of hydrogen-bond donors (Lipinski definition) is 1. The van der Waals surface area contributed by atoms with Crippen molar-refractivity contribution in [3.05, 3.63) is 48.0 Å². The average molecular weight is 339 g/mol. The van der Waals surface area contributed by atoms with Gasteiger partial charge < -0.3 is 10.1 Å². The molecule has 2 aromatic carbocycles. The van der Waals surface area contributed by atoms with Crippen molar-refractivity contribution in [1.82, 2.24) is 5.32 Å². The van der Waals surface area contributed by atoms with Gasteiger partial charge in [0, 0.05) is 6.04 Å². The molecule has 0 bridgehead atoms. The van der Waals surface area contributed by atoms with Gasteiger partial charge in [0.15, 0.2) is 6.10 Å². The molecule has 1 amide bonds. The molecule has 0 unspecified atom stereocenters. The van der Waals surface area contributed by atoms with Gasteiger partial charge in [-0.2, -0.15) is 0 Å². The number of amides is 1. The van der Waals surface area contributed by atoms with Crippen LogP contribution in [0.15, 0.2) is 42.5 Å². The minimum atomic E-state index is -0.805. The van der Waals surface area contributed by atoms with Crippen molar-refractivity contribution in [2.45, 2.75) is 51.7 Å². The Kier molecular flexibility index (Phi) is 5.37. The first-order valence-electron chi connectivity index (χ1n) is 9.05. The Bertz CT molecular complexity index is 765. The number of rotatable bonds is 4. The summed E-state index contributed by atoms with van der Waals surface area (Å²) < 4.78 is 5.43. The van der Waals surface area contributed by atoms with Crippen LogP contribution < -0.4 is 5.32 Å². The Hall–Kier alpha value is -2.36. The predicted octanol–water partition coefficient (Wildman–Crippen LogP) is 4.08. The van der Waals surface area contributed by atoms with Gasteiger partial charge in [-0.05, 0) is 42.5 Å². The van der Waals surface area contributed by atoms with Gasteiger partial charge in [-0.3, -0.25) is 4.79 Å². The third kappa shape index (κ3) is 4.01. The zero-order valence-corrected chi connectivity index (χ0v) is 14.8. The molecule has 4 heteroatoms. The molecule has 0 saturated heterocycles. The zero-order valence-electron chi connectivity index (χ0n) is 14.8. The molecule has 0 spiro atoms. The van der Waals surface area contributed by atoms with Crippen LogP contribution in [-0.4, -0.2) is 24.0 Å². The average Bonchev–Trinajstić information content (AvgIpc) is 2.63. The largest absolute Gasteiger partial charge is 0.449 e. The van der Waals surface area contributed by atoms with Crippen molar-refractivity contribution >= 4 is 22.6 Å². The Morgan fingerprint density at radius 3 is 2.60 bits per heavy atom. The Labute approximate surface area is 148 Å². The maximum Gasteiger partial charge on any atom is 0.339 e. The third-order valence-electron chi connectivity index (χ3n) is 5.10. The van der Waals surface area contributed by atoms with Crippen LogP contribution in [0.4, 0.5) is 0 Å². The molecule has 3 rings (SSSR count). The molecule has 1 saturated carbocycles. The highest BCUT2D eigenvalue weighted by atomic mass is 16.5. The summed E-state index contributed by atoms with van der Waals surface area (Å²) in [5, 5.41) is 4.86. The highest BCUT2D eigenvalue weighted by Gasteiger charge is 2.26. The molecule has 0 heterocycles. The quantitative estimate of drug-likeness (QED) is 0.854. The predicted molar refractivity (Wildman–Crippen MR) is 98.4 cm³/mol. The second kappa shape index (κ2) is 7.68. The molecule has 1 N–H and O–H groups in total. The molecule has 4 nitrogen and oxygen atoms in total. The third-order valence-corrected chi connectivity index (χ3v) is 5.10. The number of fused-ring (bicyclic) bond motifs is 1. The number of esters is 1. The van der Waals surface area contributed by atoms with Gasteiger partial charge in [0.25, 0.3) is 5.91 Å². The van der Waals surface area contributed by atoms with Gasteiger partial charge >= 0.3 is 5.97 Å². The molecular formula is C21H25NO3. The van der Waals surface area contributed by atoms with E-state index >= 15 is 0 Å². The van der Waals surface area contributed by atoms with Crippen LogP contribution in [-0.2, 0) is 9.53 Å². The zero-order chi connectivity index (χ0) is 17.8. The molecule has 0 aromatic heterocycles. The Balaban J connectivity index is 1.66. The lowest BCUT2D eigenvalue weighted by Crippen LogP contribution is -2.46. The molecule has 132 valence electrons. The van der Waals surface area contributed by atoms with E-state index in [0.29, 0.717) is 11.5 Å². The van der Waals surface area contributed by atoms with Crippen molar-refractivity contribution in [2.75, 3.05) is 0 Å². The van der Waals surface area contributed by atoms with E-state index in [4.69, 9.17) is 4.74 Å². The van der Waals surface area contributed by atoms with E-state index in [-0.39, 0.29) is 11.9 Å². The summed E-state index contributed by atoms with van der Waals surface area (Å²) in [5.74, 6) is -0.206. The Morgan fingerprint density at radius 1 is 1.08 bits per heavy atom. The molecule has 3 atom stereocenters. The molecule has 0 aliphatic heterocycles. The summed E-state index contributed by atoms with van der Waals surface area (Å²) >= 11 is 0. The topological polar surface area (TPSA) is 55.4 Å². The first-order chi connectivity index (χ1) is 12.1. The molecule has 1 fully saturated rings. The van der Waals surface area contributed by atoms with Crippen molar-refractivity contribution in [3.63, 3.8) is 0 Å². The summed E-state index contributed by atoms with van der Waals surface area (Å²) in [6.07, 6.45) is 3.69. The Morgan fingerprint density at radius 2 is 1.80 bits per heavy atom. The lowest BCUT2D eigenvalue weighted by Gasteiger charge is -2.30. The van der Waals surface area contributed by atoms with E-state index < -0.39 is 12.1 Å². The number of ether oxygens (including phenoxy) is 1. The molecule has 2 aromatic rings. The van der Waals surface area contributed by atoms with Gasteiger partial charge in [-0.1, -0.05) is 56.2 Å². The van der Waals surface area contributed by atoms with Crippen LogP contribution in [0.25, 0.3) is 10.8 Å². The second-order valence-electron chi connectivity index (χ2n) is 6.95. The van der Waals surface area contributed by atoms with Gasteiger partial charge in [-0.25, -0.2) is 4.79 Å². The standard InChI is InChI=1S/C21H25NO3/c1-14-8-3-6-13-19(14)22-20(23)15(2)25-21(24)18-12-7-10-16-9-4-5-11-17(16)18/h4-5,7,9-12,14-15,19H,3,6,8,13H2,1-2H3,(H,22,23)/t14-,15-,19+/m1/s1. The number of benzene rings is 2. The van der Waals surface area contributed by atoms with Gasteiger partial charge in [0.1, 0.15) is 0 Å². The van der Waals surface area contributed by atoms with E-state index in [2.05, 4.69) is 12.2 Å². The lowest BCUT2D eigenvalue weighted by molar-refractivity contribution is -0.130. The molecule has 1 aliphatic rings. The number of carbonyl (C=O) groups excluding carboxylic acids is 2. The van der Waals surface area contributed by atoms with Crippen molar-refractivity contribution < 1.29 is 14.3 Å². The fourth-order valence-electron chi connectivity index (χ4n) is 3.51. The number of carbonyl (C=O) groups is 2. The summed E-state index contributed by atoms with van der Waals surface area (Å²) in [6.45, 7) is 3.79. The van der Waals surface area contributed by atoms with E-state index in [0.717, 1.165) is 30.0 Å². The van der Waals surface area contributed by atoms with Crippen LogP contribution in [0.1, 0.15) is 49.9 Å². The maximum absolute atomic E-state index is 12.5. The summed E-state index contributed by atoms with van der Waals surface area (Å²) in [5.41, 5.74) is 0.490. The summed E-state index contributed by atoms with van der Waals surface area (Å²) in [4.78, 5) is 24.9. The number of hydrogen-bond acceptors (Lipinski definition) is 3. The minimum absolute atomic E-state index is 0.181. The summed E-state index contributed by atoms with van der Waals surface area (Å²) in [7, 11) is 0. The second-order valence-corrected chi connectivity index (χ2v) is 6.95. The van der Waals surface area contributed by atoms with E-state index in [1.54, 1.807) is 13.0 Å². The van der Waals surface area contributed by atoms with E-state index in [1.807, 2.05) is 36.4 Å². The van der Waals surface area contributed by atoms with Gasteiger partial charge in [0.2, 0.25) is 0 Å². The van der Waals surface area contributed by atoms with Crippen molar-refractivity contribution in [2.24, 2.45) is 5.92 Å². The SMILES string of the molecule is C[C@@H]1CCCC[C@@H]1NC(=O)[C@@H](C)OC(=O)c1cccc2ccccc12. The first-order valence-corrected chi connectivity index (χ1v) is 9.05. The number of nitrogens with one attached hydrogen (secondary N) is 1. The maximum atomic E-state index is 12.5. The highest BCUT2D eigenvalue weighted by molar-refractivity contribution is 6.05. The van der Waals surface area contributed by atoms with E-state index in [1.165, 1.54) is 6.42 Å². The van der Waals surface area contributed by atoms with Gasteiger partial charge in [0.05, 0.1) is 5.56 Å². The first kappa shape index (κ1) is 17.5. The molecule has 0 radical (unpaired) electrons. The molecular weight excluding hydrogens is 314 g/mol. The lowest BCUT2D eigenvalue weighted by atomic mass is 9.86. The van der Waals surface area contributed by atoms with E-state index in [9.17, 15) is 9.59 Å². The summed E-state index contributed by atoms with van der Waals surface area (Å²) in [6, 6.07) is 13.4. The minimum Gasteiger partial charge on any atom is -0.449 e. The van der Waals surface area contributed by atoms with Crippen LogP contribution in [0.2, 0.25) is 0 Å². The van der Waals surface area contributed by atoms with Crippen LogP contribution >= 0.6 is 0 Å². The smallest absolute Gasteiger partial charge is 0.339 e. The molecule has 25 heavy (non-hydrogen) atoms. The highest BCUT2D eigenvalue weighted by Crippen LogP contribution is 2.24. The monoisotopic (exact) mass is 339 g/mol. The van der Waals surface area contributed by atoms with Crippen molar-refractivity contribution in [3.8, 4) is 0 Å². The normalized spacial score (nSPS) is 21.5.